The van der Waals surface area contributed by atoms with E-state index in [4.69, 9.17) is 9.15 Å². The van der Waals surface area contributed by atoms with Gasteiger partial charge in [0.15, 0.2) is 0 Å². The molecule has 2 atom stereocenters. The molecule has 1 aromatic heterocycles. The lowest BCUT2D eigenvalue weighted by atomic mass is 9.70. The molecule has 3 aromatic rings. The normalized spacial score (nSPS) is 19.2. The van der Waals surface area contributed by atoms with Gasteiger partial charge in [-0.15, -0.1) is 0 Å². The molecule has 32 heavy (non-hydrogen) atoms. The first-order chi connectivity index (χ1) is 15.4. The summed E-state index contributed by atoms with van der Waals surface area (Å²) in [6, 6.07) is 13.9. The molecular formula is C27H32O5. The van der Waals surface area contributed by atoms with Crippen LogP contribution in [0.15, 0.2) is 46.9 Å². The molecule has 0 spiro atoms. The Kier molecular flexibility index (Phi) is 6.29. The molecule has 5 heteroatoms. The molecule has 0 amide bonds. The number of rotatable bonds is 7. The highest BCUT2D eigenvalue weighted by molar-refractivity contribution is 5.91. The number of ether oxygens (including phenoxy) is 1. The SMILES string of the molecule is CCC(CC)(c1ccc(OC2CCCCC2O)c(C)c1)c1ccc2oc(C(=O)O)cc2c1. The molecule has 5 nitrogen and oxygen atoms in total. The summed E-state index contributed by atoms with van der Waals surface area (Å²) in [5, 5.41) is 20.3. The zero-order valence-corrected chi connectivity index (χ0v) is 19.1. The van der Waals surface area contributed by atoms with Crippen molar-refractivity contribution in [2.45, 2.75) is 76.9 Å². The summed E-state index contributed by atoms with van der Waals surface area (Å²) < 4.78 is 11.7. The van der Waals surface area contributed by atoms with Crippen LogP contribution in [0.2, 0.25) is 0 Å². The predicted octanol–water partition coefficient (Wildman–Crippen LogP) is 6.23. The summed E-state index contributed by atoms with van der Waals surface area (Å²) in [7, 11) is 0. The van der Waals surface area contributed by atoms with Gasteiger partial charge in [0.25, 0.3) is 0 Å². The number of hydrogen-bond acceptors (Lipinski definition) is 4. The van der Waals surface area contributed by atoms with Crippen molar-refractivity contribution in [3.05, 3.63) is 64.9 Å². The smallest absolute Gasteiger partial charge is 0.371 e. The van der Waals surface area contributed by atoms with Gasteiger partial charge < -0.3 is 19.4 Å². The average Bonchev–Trinajstić information content (AvgIpc) is 3.22. The Bertz CT molecular complexity index is 1110. The maximum atomic E-state index is 11.3. The Hall–Kier alpha value is -2.79. The van der Waals surface area contributed by atoms with E-state index in [1.54, 1.807) is 6.07 Å². The molecule has 1 heterocycles. The van der Waals surface area contributed by atoms with Crippen molar-refractivity contribution in [1.82, 2.24) is 0 Å². The van der Waals surface area contributed by atoms with Gasteiger partial charge in [-0.05, 0) is 80.0 Å². The number of furan rings is 1. The third kappa shape index (κ3) is 4.02. The minimum absolute atomic E-state index is 0.0435. The average molecular weight is 437 g/mol. The summed E-state index contributed by atoms with van der Waals surface area (Å²) in [5.41, 5.74) is 3.78. The lowest BCUT2D eigenvalue weighted by Gasteiger charge is -2.34. The maximum absolute atomic E-state index is 11.3. The Balaban J connectivity index is 1.69. The molecule has 0 saturated heterocycles. The van der Waals surface area contributed by atoms with Crippen molar-refractivity contribution in [2.24, 2.45) is 0 Å². The van der Waals surface area contributed by atoms with Crippen LogP contribution < -0.4 is 4.74 Å². The lowest BCUT2D eigenvalue weighted by Crippen LogP contribution is -2.34. The van der Waals surface area contributed by atoms with Crippen LogP contribution >= 0.6 is 0 Å². The number of carbonyl (C=O) groups is 1. The number of carboxylic acid groups (broad SMARTS) is 1. The van der Waals surface area contributed by atoms with Crippen molar-refractivity contribution in [1.29, 1.82) is 0 Å². The number of aliphatic hydroxyl groups excluding tert-OH is 1. The summed E-state index contributed by atoms with van der Waals surface area (Å²) in [6.45, 7) is 6.43. The van der Waals surface area contributed by atoms with Gasteiger partial charge >= 0.3 is 5.97 Å². The third-order valence-electron chi connectivity index (χ3n) is 7.16. The van der Waals surface area contributed by atoms with E-state index in [9.17, 15) is 15.0 Å². The van der Waals surface area contributed by atoms with Crippen molar-refractivity contribution < 1.29 is 24.2 Å². The number of aromatic carboxylic acids is 1. The minimum atomic E-state index is -1.06. The fourth-order valence-electron chi connectivity index (χ4n) is 5.14. The fourth-order valence-corrected chi connectivity index (χ4v) is 5.14. The van der Waals surface area contributed by atoms with Crippen LogP contribution in [0.4, 0.5) is 0 Å². The second kappa shape index (κ2) is 8.99. The summed E-state index contributed by atoms with van der Waals surface area (Å²) >= 11 is 0. The van der Waals surface area contributed by atoms with Crippen LogP contribution in [0.3, 0.4) is 0 Å². The fraction of sp³-hybridized carbons (Fsp3) is 0.444. The number of carboxylic acids is 1. The molecule has 2 aromatic carbocycles. The zero-order chi connectivity index (χ0) is 22.9. The van der Waals surface area contributed by atoms with Gasteiger partial charge in [-0.25, -0.2) is 4.79 Å². The van der Waals surface area contributed by atoms with Crippen LogP contribution in [0.5, 0.6) is 5.75 Å². The zero-order valence-electron chi connectivity index (χ0n) is 19.1. The molecule has 1 saturated carbocycles. The van der Waals surface area contributed by atoms with Crippen molar-refractivity contribution in [3.63, 3.8) is 0 Å². The highest BCUT2D eigenvalue weighted by atomic mass is 16.5. The Morgan fingerprint density at radius 3 is 2.41 bits per heavy atom. The molecule has 2 unspecified atom stereocenters. The van der Waals surface area contributed by atoms with Crippen LogP contribution in [-0.2, 0) is 5.41 Å². The lowest BCUT2D eigenvalue weighted by molar-refractivity contribution is 0.00652. The van der Waals surface area contributed by atoms with E-state index < -0.39 is 12.1 Å². The van der Waals surface area contributed by atoms with Gasteiger partial charge in [0.05, 0.1) is 6.10 Å². The van der Waals surface area contributed by atoms with E-state index in [0.29, 0.717) is 5.58 Å². The predicted molar refractivity (Wildman–Crippen MR) is 125 cm³/mol. The Morgan fingerprint density at radius 2 is 1.75 bits per heavy atom. The third-order valence-corrected chi connectivity index (χ3v) is 7.16. The molecule has 1 fully saturated rings. The van der Waals surface area contributed by atoms with Crippen molar-refractivity contribution in [3.8, 4) is 5.75 Å². The largest absolute Gasteiger partial charge is 0.487 e. The van der Waals surface area contributed by atoms with Crippen molar-refractivity contribution in [2.75, 3.05) is 0 Å². The second-order valence-corrected chi connectivity index (χ2v) is 8.95. The molecule has 1 aliphatic carbocycles. The molecular weight excluding hydrogens is 404 g/mol. The Labute approximate surface area is 189 Å². The standard InChI is InChI=1S/C27H32O5/c1-4-27(5-2,20-11-13-23-18(15-20)16-25(32-23)26(29)30)19-10-12-22(17(3)14-19)31-24-9-7-6-8-21(24)28/h10-16,21,24,28H,4-9H2,1-3H3,(H,29,30). The minimum Gasteiger partial charge on any atom is -0.487 e. The van der Waals surface area contributed by atoms with E-state index in [0.717, 1.165) is 60.8 Å². The van der Waals surface area contributed by atoms with Crippen LogP contribution in [-0.4, -0.2) is 28.4 Å². The molecule has 1 aliphatic rings. The summed E-state index contributed by atoms with van der Waals surface area (Å²) in [6.07, 6.45) is 5.11. The maximum Gasteiger partial charge on any atom is 0.371 e. The molecule has 2 N–H and O–H groups in total. The topological polar surface area (TPSA) is 79.9 Å². The van der Waals surface area contributed by atoms with Crippen LogP contribution in [0.25, 0.3) is 11.0 Å². The number of hydrogen-bond donors (Lipinski definition) is 2. The molecule has 0 radical (unpaired) electrons. The highest BCUT2D eigenvalue weighted by Crippen LogP contribution is 2.41. The number of aryl methyl sites for hydroxylation is 1. The van der Waals surface area contributed by atoms with Gasteiger partial charge in [0.2, 0.25) is 5.76 Å². The quantitative estimate of drug-likeness (QED) is 0.459. The van der Waals surface area contributed by atoms with Gasteiger partial charge in [-0.3, -0.25) is 0 Å². The van der Waals surface area contributed by atoms with Gasteiger partial charge in [0.1, 0.15) is 17.4 Å². The van der Waals surface area contributed by atoms with E-state index in [2.05, 4.69) is 39.0 Å². The van der Waals surface area contributed by atoms with Gasteiger partial charge in [-0.1, -0.05) is 38.5 Å². The number of fused-ring (bicyclic) bond motifs is 1. The highest BCUT2D eigenvalue weighted by Gasteiger charge is 2.32. The summed E-state index contributed by atoms with van der Waals surface area (Å²) in [5.74, 6) is -0.274. The Morgan fingerprint density at radius 1 is 1.06 bits per heavy atom. The van der Waals surface area contributed by atoms with E-state index >= 15 is 0 Å². The molecule has 0 aliphatic heterocycles. The summed E-state index contributed by atoms with van der Waals surface area (Å²) in [4.78, 5) is 11.3. The first kappa shape index (κ1) is 22.4. The van der Waals surface area contributed by atoms with E-state index in [-0.39, 0.29) is 17.3 Å². The molecule has 4 rings (SSSR count). The van der Waals surface area contributed by atoms with Crippen LogP contribution in [0.1, 0.15) is 79.6 Å². The number of benzene rings is 2. The second-order valence-electron chi connectivity index (χ2n) is 8.95. The molecule has 0 bridgehead atoms. The van der Waals surface area contributed by atoms with Gasteiger partial charge in [0, 0.05) is 10.8 Å². The molecule has 170 valence electrons. The van der Waals surface area contributed by atoms with Gasteiger partial charge in [-0.2, -0.15) is 0 Å². The van der Waals surface area contributed by atoms with E-state index in [1.807, 2.05) is 18.2 Å². The first-order valence-corrected chi connectivity index (χ1v) is 11.6. The van der Waals surface area contributed by atoms with E-state index in [1.165, 1.54) is 5.56 Å². The van der Waals surface area contributed by atoms with Crippen LogP contribution in [0, 0.1) is 6.92 Å². The number of aliphatic hydroxyl groups is 1. The monoisotopic (exact) mass is 436 g/mol. The van der Waals surface area contributed by atoms with Crippen molar-refractivity contribution >= 4 is 16.9 Å². The first-order valence-electron chi connectivity index (χ1n) is 11.6.